The van der Waals surface area contributed by atoms with Gasteiger partial charge in [-0.05, 0) is 88.2 Å². The van der Waals surface area contributed by atoms with Gasteiger partial charge in [-0.3, -0.25) is 15.0 Å². The Labute approximate surface area is 190 Å². The molecule has 1 aromatic carbocycles. The van der Waals surface area contributed by atoms with Crippen molar-refractivity contribution >= 4 is 16.6 Å². The highest BCUT2D eigenvalue weighted by Gasteiger charge is 2.19. The van der Waals surface area contributed by atoms with E-state index in [2.05, 4.69) is 68.2 Å². The zero-order valence-corrected chi connectivity index (χ0v) is 19.1. The molecule has 2 N–H and O–H groups in total. The van der Waals surface area contributed by atoms with Crippen molar-refractivity contribution in [2.75, 3.05) is 33.2 Å². The molecule has 168 valence electrons. The van der Waals surface area contributed by atoms with Gasteiger partial charge in [-0.15, -0.1) is 0 Å². The number of aromatic amines is 1. The van der Waals surface area contributed by atoms with Crippen LogP contribution in [0.2, 0.25) is 0 Å². The van der Waals surface area contributed by atoms with E-state index in [-0.39, 0.29) is 0 Å². The number of aromatic nitrogens is 3. The van der Waals surface area contributed by atoms with E-state index >= 15 is 0 Å². The van der Waals surface area contributed by atoms with Gasteiger partial charge in [0.25, 0.3) is 0 Å². The van der Waals surface area contributed by atoms with Gasteiger partial charge < -0.3 is 10.2 Å². The van der Waals surface area contributed by atoms with E-state index in [4.69, 9.17) is 0 Å². The molecular formula is C26H34N6. The van der Waals surface area contributed by atoms with Gasteiger partial charge in [-0.1, -0.05) is 19.1 Å². The third-order valence-electron chi connectivity index (χ3n) is 6.93. The number of benzene rings is 1. The molecule has 6 nitrogen and oxygen atoms in total. The van der Waals surface area contributed by atoms with Crippen LogP contribution in [0.15, 0.2) is 43.2 Å². The van der Waals surface area contributed by atoms with Crippen LogP contribution in [0.4, 0.5) is 0 Å². The molecule has 0 unspecified atom stereocenters. The van der Waals surface area contributed by atoms with E-state index < -0.39 is 0 Å². The number of H-pyrrole nitrogens is 1. The molecule has 2 fully saturated rings. The minimum Gasteiger partial charge on any atom is -0.381 e. The lowest BCUT2D eigenvalue weighted by atomic mass is 10.0. The highest BCUT2D eigenvalue weighted by molar-refractivity contribution is 5.92. The Morgan fingerprint density at radius 2 is 1.88 bits per heavy atom. The van der Waals surface area contributed by atoms with Crippen LogP contribution in [-0.4, -0.2) is 64.2 Å². The Morgan fingerprint density at radius 3 is 2.69 bits per heavy atom. The number of nitrogens with zero attached hydrogens (tertiary/aromatic N) is 4. The number of hydrogen-bond acceptors (Lipinski definition) is 5. The summed E-state index contributed by atoms with van der Waals surface area (Å²) in [7, 11) is 2.18. The minimum atomic E-state index is 0.462. The monoisotopic (exact) mass is 430 g/mol. The number of fused-ring (bicyclic) bond motifs is 1. The van der Waals surface area contributed by atoms with E-state index in [9.17, 15) is 0 Å². The van der Waals surface area contributed by atoms with Crippen LogP contribution in [0.1, 0.15) is 43.4 Å². The van der Waals surface area contributed by atoms with Gasteiger partial charge in [0.1, 0.15) is 5.69 Å². The Hall–Kier alpha value is -2.70. The number of likely N-dealkylation sites (tertiary alicyclic amines) is 2. The lowest BCUT2D eigenvalue weighted by Gasteiger charge is -2.30. The highest BCUT2D eigenvalue weighted by atomic mass is 15.1. The molecule has 2 aliphatic heterocycles. The number of hydrogen-bond donors (Lipinski definition) is 2. The Kier molecular flexibility index (Phi) is 6.23. The van der Waals surface area contributed by atoms with Crippen LogP contribution in [0.5, 0.6) is 0 Å². The molecule has 32 heavy (non-hydrogen) atoms. The molecule has 0 saturated carbocycles. The maximum Gasteiger partial charge on any atom is 0.115 e. The quantitative estimate of drug-likeness (QED) is 0.612. The Morgan fingerprint density at radius 1 is 1.06 bits per heavy atom. The van der Waals surface area contributed by atoms with Crippen LogP contribution in [-0.2, 0) is 6.54 Å². The summed E-state index contributed by atoms with van der Waals surface area (Å²) in [5, 5.41) is 12.5. The van der Waals surface area contributed by atoms with Crippen molar-refractivity contribution < 1.29 is 0 Å². The molecule has 2 saturated heterocycles. The fraction of sp³-hybridized carbons (Fsp3) is 0.462. The van der Waals surface area contributed by atoms with Crippen molar-refractivity contribution in [3.8, 4) is 11.1 Å². The number of rotatable bonds is 6. The molecule has 6 heteroatoms. The summed E-state index contributed by atoms with van der Waals surface area (Å²) in [6.07, 6.45) is 10.2. The lowest BCUT2D eigenvalue weighted by Crippen LogP contribution is -2.40. The molecule has 5 rings (SSSR count). The van der Waals surface area contributed by atoms with Crippen molar-refractivity contribution in [1.82, 2.24) is 30.3 Å². The maximum atomic E-state index is 4.59. The SMILES string of the molecule is C=C(NC1CCN(C)CC1)c1n[nH]c2ccc(-c3cncc(CN4CCCCC4)c3)cc12. The fourth-order valence-corrected chi connectivity index (χ4v) is 5.00. The van der Waals surface area contributed by atoms with Gasteiger partial charge in [0, 0.05) is 35.9 Å². The summed E-state index contributed by atoms with van der Waals surface area (Å²) in [6.45, 7) is 9.94. The fourth-order valence-electron chi connectivity index (χ4n) is 5.00. The molecule has 0 atom stereocenters. The predicted octanol–water partition coefficient (Wildman–Crippen LogP) is 4.27. The smallest absolute Gasteiger partial charge is 0.115 e. The van der Waals surface area contributed by atoms with Crippen LogP contribution in [0, 0.1) is 0 Å². The minimum absolute atomic E-state index is 0.462. The van der Waals surface area contributed by atoms with Crippen LogP contribution in [0.25, 0.3) is 27.7 Å². The summed E-state index contributed by atoms with van der Waals surface area (Å²) in [5.41, 5.74) is 6.46. The van der Waals surface area contributed by atoms with Crippen molar-refractivity contribution in [2.24, 2.45) is 0 Å². The molecule has 3 aromatic rings. The van der Waals surface area contributed by atoms with Crippen LogP contribution in [0.3, 0.4) is 0 Å². The highest BCUT2D eigenvalue weighted by Crippen LogP contribution is 2.28. The molecule has 0 amide bonds. The second-order valence-corrected chi connectivity index (χ2v) is 9.45. The van der Waals surface area contributed by atoms with E-state index in [0.717, 1.165) is 60.3 Å². The van der Waals surface area contributed by atoms with E-state index in [1.165, 1.54) is 43.5 Å². The maximum absolute atomic E-state index is 4.59. The number of piperidine rings is 2. The normalized spacial score (nSPS) is 18.8. The third kappa shape index (κ3) is 4.71. The van der Waals surface area contributed by atoms with Crippen LogP contribution >= 0.6 is 0 Å². The van der Waals surface area contributed by atoms with E-state index in [1.54, 1.807) is 0 Å². The number of nitrogens with one attached hydrogen (secondary N) is 2. The average Bonchev–Trinajstić information content (AvgIpc) is 3.25. The topological polar surface area (TPSA) is 60.1 Å². The summed E-state index contributed by atoms with van der Waals surface area (Å²) in [5.74, 6) is 0. The molecule has 2 aromatic heterocycles. The summed E-state index contributed by atoms with van der Waals surface area (Å²) >= 11 is 0. The van der Waals surface area contributed by atoms with Gasteiger partial charge in [0.15, 0.2) is 0 Å². The summed E-state index contributed by atoms with van der Waals surface area (Å²) in [6, 6.07) is 9.23. The standard InChI is InChI=1S/C26H34N6/c1-19(28-23-8-12-31(2)13-9-23)26-24-15-21(6-7-25(24)29-30-26)22-14-20(16-27-17-22)18-32-10-4-3-5-11-32/h6-7,14-17,23,28H,1,3-5,8-13,18H2,2H3,(H,29,30). The van der Waals surface area contributed by atoms with Crippen molar-refractivity contribution in [3.05, 3.63) is 54.5 Å². The first-order valence-electron chi connectivity index (χ1n) is 11.9. The molecule has 0 aliphatic carbocycles. The van der Waals surface area contributed by atoms with E-state index in [1.807, 2.05) is 12.4 Å². The van der Waals surface area contributed by atoms with Gasteiger partial charge >= 0.3 is 0 Å². The van der Waals surface area contributed by atoms with Crippen molar-refractivity contribution in [3.63, 3.8) is 0 Å². The third-order valence-corrected chi connectivity index (χ3v) is 6.93. The zero-order chi connectivity index (χ0) is 21.9. The van der Waals surface area contributed by atoms with Gasteiger partial charge in [-0.2, -0.15) is 5.10 Å². The first-order chi connectivity index (χ1) is 15.7. The Balaban J connectivity index is 1.35. The van der Waals surface area contributed by atoms with Gasteiger partial charge in [0.2, 0.25) is 0 Å². The molecular weight excluding hydrogens is 396 g/mol. The van der Waals surface area contributed by atoms with Crippen molar-refractivity contribution in [2.45, 2.75) is 44.7 Å². The van der Waals surface area contributed by atoms with E-state index in [0.29, 0.717) is 6.04 Å². The summed E-state index contributed by atoms with van der Waals surface area (Å²) < 4.78 is 0. The molecule has 0 radical (unpaired) electrons. The predicted molar refractivity (Wildman–Crippen MR) is 131 cm³/mol. The molecule has 4 heterocycles. The largest absolute Gasteiger partial charge is 0.381 e. The lowest BCUT2D eigenvalue weighted by molar-refractivity contribution is 0.220. The first kappa shape index (κ1) is 21.2. The first-order valence-corrected chi connectivity index (χ1v) is 11.9. The Bertz CT molecular complexity index is 1070. The second-order valence-electron chi connectivity index (χ2n) is 9.45. The second kappa shape index (κ2) is 9.43. The molecule has 2 aliphatic rings. The number of pyridine rings is 1. The van der Waals surface area contributed by atoms with Crippen molar-refractivity contribution in [1.29, 1.82) is 0 Å². The van der Waals surface area contributed by atoms with Gasteiger partial charge in [0.05, 0.1) is 11.2 Å². The summed E-state index contributed by atoms with van der Waals surface area (Å²) in [4.78, 5) is 9.47. The molecule has 0 spiro atoms. The molecule has 0 bridgehead atoms. The van der Waals surface area contributed by atoms with Gasteiger partial charge in [-0.25, -0.2) is 0 Å². The average molecular weight is 431 g/mol. The zero-order valence-electron chi connectivity index (χ0n) is 19.1. The van der Waals surface area contributed by atoms with Crippen LogP contribution < -0.4 is 5.32 Å².